The summed E-state index contributed by atoms with van der Waals surface area (Å²) in [7, 11) is 0. The molecule has 1 rings (SSSR count). The molecule has 0 amide bonds. The molecule has 9 heteroatoms. The average Bonchev–Trinajstić information content (AvgIpc) is 2.44. The number of alkyl halides is 6. The maximum absolute atomic E-state index is 12.9. The van der Waals surface area contributed by atoms with Gasteiger partial charge in [-0.2, -0.15) is 27.1 Å². The van der Waals surface area contributed by atoms with Crippen molar-refractivity contribution in [1.29, 1.82) is 0 Å². The molecule has 1 aliphatic heterocycles. The first-order chi connectivity index (χ1) is 7.09. The van der Waals surface area contributed by atoms with Gasteiger partial charge in [-0.1, -0.05) is 11.6 Å². The van der Waals surface area contributed by atoms with Crippen LogP contribution in [0.5, 0.6) is 0 Å². The second-order valence-corrected chi connectivity index (χ2v) is 3.85. The van der Waals surface area contributed by atoms with Crippen molar-refractivity contribution in [1.82, 2.24) is 9.91 Å². The first-order valence-corrected chi connectivity index (χ1v) is 4.72. The van der Waals surface area contributed by atoms with Gasteiger partial charge in [0, 0.05) is 6.04 Å². The monoisotopic (exact) mass is 265 g/mol. The van der Waals surface area contributed by atoms with E-state index in [1.807, 2.05) is 0 Å². The number of rotatable bonds is 2. The minimum Gasteiger partial charge on any atom is -0.258 e. The number of halogens is 6. The zero-order valence-corrected chi connectivity index (χ0v) is 9.10. The molecule has 0 radical (unpaired) electrons. The Bertz CT molecular complexity index is 290. The smallest absolute Gasteiger partial charge is 0.258 e. The van der Waals surface area contributed by atoms with Crippen LogP contribution in [0.2, 0.25) is 0 Å². The van der Waals surface area contributed by atoms with Crippen LogP contribution in [0.25, 0.3) is 0 Å². The van der Waals surface area contributed by atoms with Crippen LogP contribution in [-0.4, -0.2) is 40.1 Å². The number of hydrogen-bond acceptors (Lipinski definition) is 3. The number of nitrogens with zero attached hydrogens (tertiary/aromatic N) is 3. The maximum atomic E-state index is 12.9. The maximum Gasteiger partial charge on any atom is 0.475 e. The summed E-state index contributed by atoms with van der Waals surface area (Å²) in [6, 6.07) is -5.42. The minimum absolute atomic E-state index is 0.325. The van der Waals surface area contributed by atoms with Gasteiger partial charge >= 0.3 is 12.2 Å². The lowest BCUT2D eigenvalue weighted by molar-refractivity contribution is -0.329. The van der Waals surface area contributed by atoms with Crippen molar-refractivity contribution < 1.29 is 22.0 Å². The first-order valence-electron chi connectivity index (χ1n) is 4.28. The third-order valence-electron chi connectivity index (χ3n) is 1.95. The lowest BCUT2D eigenvalue weighted by atomic mass is 10.4. The average molecular weight is 266 g/mol. The van der Waals surface area contributed by atoms with E-state index in [1.165, 1.54) is 0 Å². The molecule has 0 aromatic heterocycles. The van der Waals surface area contributed by atoms with E-state index in [0.29, 0.717) is 6.34 Å². The second kappa shape index (κ2) is 3.90. The molecule has 0 aromatic rings. The fraction of sp³-hybridized carbons (Fsp3) is 0.857. The van der Waals surface area contributed by atoms with Gasteiger partial charge in [0.2, 0.25) is 5.62 Å². The molecular formula is C7H9ClF5N3. The SMILES string of the molecule is CC(C)N1N=CN(C(F)(F)C(F)(F)F)C1Cl. The molecule has 1 atom stereocenters. The highest BCUT2D eigenvalue weighted by atomic mass is 35.5. The van der Waals surface area contributed by atoms with E-state index in [4.69, 9.17) is 11.6 Å². The van der Waals surface area contributed by atoms with E-state index in [0.717, 1.165) is 5.01 Å². The van der Waals surface area contributed by atoms with Crippen molar-refractivity contribution in [3.8, 4) is 0 Å². The summed E-state index contributed by atoms with van der Waals surface area (Å²) >= 11 is 5.48. The normalized spacial score (nSPS) is 22.4. The molecule has 1 aliphatic rings. The molecule has 0 bridgehead atoms. The Hall–Kier alpha value is -0.790. The Morgan fingerprint density at radius 1 is 1.25 bits per heavy atom. The number of hydrogen-bond donors (Lipinski definition) is 0. The largest absolute Gasteiger partial charge is 0.475 e. The van der Waals surface area contributed by atoms with E-state index >= 15 is 0 Å². The molecule has 0 N–H and O–H groups in total. The van der Waals surface area contributed by atoms with E-state index in [9.17, 15) is 22.0 Å². The Labute approximate surface area is 93.4 Å². The van der Waals surface area contributed by atoms with Crippen molar-refractivity contribution in [3.63, 3.8) is 0 Å². The summed E-state index contributed by atoms with van der Waals surface area (Å²) in [5, 5.41) is 4.35. The van der Waals surface area contributed by atoms with Crippen LogP contribution in [-0.2, 0) is 0 Å². The van der Waals surface area contributed by atoms with Crippen molar-refractivity contribution in [2.45, 2.75) is 37.7 Å². The zero-order valence-electron chi connectivity index (χ0n) is 8.34. The summed E-state index contributed by atoms with van der Waals surface area (Å²) in [5.41, 5.74) is -1.66. The van der Waals surface area contributed by atoms with Crippen LogP contribution in [0.1, 0.15) is 13.8 Å². The van der Waals surface area contributed by atoms with Crippen molar-refractivity contribution >= 4 is 17.9 Å². The fourth-order valence-electron chi connectivity index (χ4n) is 1.08. The minimum atomic E-state index is -5.70. The van der Waals surface area contributed by atoms with Gasteiger partial charge in [0.05, 0.1) is 0 Å². The Kier molecular flexibility index (Phi) is 3.24. The fourth-order valence-corrected chi connectivity index (χ4v) is 1.53. The topological polar surface area (TPSA) is 18.8 Å². The van der Waals surface area contributed by atoms with E-state index in [2.05, 4.69) is 5.10 Å². The highest BCUT2D eigenvalue weighted by Gasteiger charge is 2.64. The summed E-state index contributed by atoms with van der Waals surface area (Å²) < 4.78 is 62.0. The first kappa shape index (κ1) is 13.3. The lowest BCUT2D eigenvalue weighted by Crippen LogP contribution is -2.55. The molecule has 1 heterocycles. The van der Waals surface area contributed by atoms with Crippen LogP contribution in [0, 0.1) is 0 Å². The molecule has 94 valence electrons. The molecule has 0 aromatic carbocycles. The molecule has 0 saturated carbocycles. The predicted molar refractivity (Wildman–Crippen MR) is 47.9 cm³/mol. The quantitative estimate of drug-likeness (QED) is 0.434. The van der Waals surface area contributed by atoms with Crippen molar-refractivity contribution in [2.75, 3.05) is 0 Å². The number of hydrazone groups is 1. The highest BCUT2D eigenvalue weighted by molar-refractivity contribution is 6.21. The van der Waals surface area contributed by atoms with Gasteiger partial charge in [-0.15, -0.1) is 0 Å². The van der Waals surface area contributed by atoms with Gasteiger partial charge in [-0.3, -0.25) is 9.91 Å². The van der Waals surface area contributed by atoms with Crippen LogP contribution < -0.4 is 0 Å². The third-order valence-corrected chi connectivity index (χ3v) is 2.36. The van der Waals surface area contributed by atoms with E-state index < -0.39 is 17.8 Å². The summed E-state index contributed by atoms with van der Waals surface area (Å²) in [6.07, 6.45) is -5.30. The molecule has 0 aliphatic carbocycles. The van der Waals surface area contributed by atoms with E-state index in [-0.39, 0.29) is 10.9 Å². The standard InChI is InChI=1S/C7H9ClF5N3/c1-4(2)16-5(8)15(3-14-16)7(12,13)6(9,10)11/h3-5H,1-2H3. The van der Waals surface area contributed by atoms with Crippen molar-refractivity contribution in [2.24, 2.45) is 5.10 Å². The molecule has 1 unspecified atom stereocenters. The predicted octanol–water partition coefficient (Wildman–Crippen LogP) is 2.63. The van der Waals surface area contributed by atoms with Crippen molar-refractivity contribution in [3.05, 3.63) is 0 Å². The van der Waals surface area contributed by atoms with Crippen LogP contribution >= 0.6 is 11.6 Å². The molecular weight excluding hydrogens is 257 g/mol. The van der Waals surface area contributed by atoms with Crippen LogP contribution in [0.4, 0.5) is 22.0 Å². The molecule has 16 heavy (non-hydrogen) atoms. The Morgan fingerprint density at radius 3 is 2.06 bits per heavy atom. The van der Waals surface area contributed by atoms with Gasteiger partial charge in [0.15, 0.2) is 0 Å². The van der Waals surface area contributed by atoms with Gasteiger partial charge < -0.3 is 0 Å². The van der Waals surface area contributed by atoms with Gasteiger partial charge in [-0.05, 0) is 13.8 Å². The summed E-state index contributed by atoms with van der Waals surface area (Å²) in [5.74, 6) is 0. The lowest BCUT2D eigenvalue weighted by Gasteiger charge is -2.33. The highest BCUT2D eigenvalue weighted by Crippen LogP contribution is 2.41. The Morgan fingerprint density at radius 2 is 1.75 bits per heavy atom. The Balaban J connectivity index is 2.90. The van der Waals surface area contributed by atoms with Gasteiger partial charge in [0.25, 0.3) is 0 Å². The van der Waals surface area contributed by atoms with Crippen LogP contribution in [0.15, 0.2) is 5.10 Å². The zero-order chi connectivity index (χ0) is 12.7. The summed E-state index contributed by atoms with van der Waals surface area (Å²) in [4.78, 5) is -0.325. The van der Waals surface area contributed by atoms with Crippen LogP contribution in [0.3, 0.4) is 0 Å². The molecule has 0 spiro atoms. The summed E-state index contributed by atoms with van der Waals surface area (Å²) in [6.45, 7) is 3.14. The molecule has 3 nitrogen and oxygen atoms in total. The second-order valence-electron chi connectivity index (χ2n) is 3.46. The molecule has 0 saturated heterocycles. The molecule has 0 fully saturated rings. The third kappa shape index (κ3) is 2.02. The van der Waals surface area contributed by atoms with Gasteiger partial charge in [0.1, 0.15) is 6.34 Å². The van der Waals surface area contributed by atoms with Gasteiger partial charge in [-0.25, -0.2) is 0 Å². The van der Waals surface area contributed by atoms with E-state index in [1.54, 1.807) is 13.8 Å².